The second kappa shape index (κ2) is 6.67. The number of hydrogen-bond acceptors (Lipinski definition) is 3. The number of nitrogens with one attached hydrogen (secondary N) is 1. The summed E-state index contributed by atoms with van der Waals surface area (Å²) in [5.41, 5.74) is 2.09. The molecule has 116 valence electrons. The van der Waals surface area contributed by atoms with Crippen LogP contribution in [0.5, 0.6) is 5.75 Å². The Morgan fingerprint density at radius 1 is 1.24 bits per heavy atom. The van der Waals surface area contributed by atoms with Crippen molar-refractivity contribution < 1.29 is 5.11 Å². The second-order valence-electron chi connectivity index (χ2n) is 6.40. The maximum atomic E-state index is 10.7. The molecule has 2 fully saturated rings. The van der Waals surface area contributed by atoms with Crippen molar-refractivity contribution in [2.75, 3.05) is 26.2 Å². The number of phenolic OH excluding ortho intramolecular Hbond substituents is 1. The summed E-state index contributed by atoms with van der Waals surface area (Å²) in [7, 11) is 0. The number of aryl methyl sites for hydroxylation is 1. The van der Waals surface area contributed by atoms with Crippen LogP contribution in [0.1, 0.15) is 42.9 Å². The normalized spacial score (nSPS) is 22.6. The van der Waals surface area contributed by atoms with Gasteiger partial charge in [-0.2, -0.15) is 0 Å². The van der Waals surface area contributed by atoms with Gasteiger partial charge in [0.2, 0.25) is 0 Å². The molecule has 0 radical (unpaired) electrons. The molecular formula is C17H25BrN2O. The molecule has 0 unspecified atom stereocenters. The zero-order chi connectivity index (χ0) is 14.8. The first-order valence-corrected chi connectivity index (χ1v) is 8.90. The number of rotatable bonds is 3. The summed E-state index contributed by atoms with van der Waals surface area (Å²) in [4.78, 5) is 2.58. The van der Waals surface area contributed by atoms with Crippen molar-refractivity contribution in [2.24, 2.45) is 5.92 Å². The largest absolute Gasteiger partial charge is 0.507 e. The highest BCUT2D eigenvalue weighted by molar-refractivity contribution is 9.10. The van der Waals surface area contributed by atoms with Crippen molar-refractivity contribution in [3.63, 3.8) is 0 Å². The third kappa shape index (κ3) is 3.13. The summed E-state index contributed by atoms with van der Waals surface area (Å²) in [5.74, 6) is 1.16. The van der Waals surface area contributed by atoms with Crippen molar-refractivity contribution in [3.8, 4) is 5.75 Å². The number of aromatic hydroxyl groups is 1. The van der Waals surface area contributed by atoms with Crippen LogP contribution in [-0.2, 0) is 0 Å². The molecule has 1 aromatic carbocycles. The van der Waals surface area contributed by atoms with Crippen LogP contribution in [0.25, 0.3) is 0 Å². The van der Waals surface area contributed by atoms with Gasteiger partial charge in [-0.3, -0.25) is 4.90 Å². The molecule has 1 aliphatic carbocycles. The molecule has 1 aromatic rings. The molecule has 2 N–H and O–H groups in total. The molecule has 2 aliphatic rings. The zero-order valence-corrected chi connectivity index (χ0v) is 14.3. The van der Waals surface area contributed by atoms with Gasteiger partial charge in [-0.15, -0.1) is 0 Å². The quantitative estimate of drug-likeness (QED) is 0.872. The molecule has 3 rings (SSSR count). The van der Waals surface area contributed by atoms with Crippen LogP contribution in [0.15, 0.2) is 16.6 Å². The lowest BCUT2D eigenvalue weighted by molar-refractivity contribution is 0.122. The smallest absolute Gasteiger partial charge is 0.124 e. The average Bonchev–Trinajstić information content (AvgIpc) is 3.02. The Morgan fingerprint density at radius 3 is 2.57 bits per heavy atom. The van der Waals surface area contributed by atoms with Crippen LogP contribution in [0.3, 0.4) is 0 Å². The lowest BCUT2D eigenvalue weighted by atomic mass is 9.88. The number of benzene rings is 1. The first-order valence-electron chi connectivity index (χ1n) is 8.11. The minimum absolute atomic E-state index is 0.351. The van der Waals surface area contributed by atoms with E-state index in [9.17, 15) is 5.11 Å². The van der Waals surface area contributed by atoms with Crippen LogP contribution in [0.2, 0.25) is 0 Å². The number of piperazine rings is 1. The number of halogens is 1. The Bertz CT molecular complexity index is 494. The molecular weight excluding hydrogens is 328 g/mol. The van der Waals surface area contributed by atoms with Crippen molar-refractivity contribution in [2.45, 2.75) is 38.6 Å². The van der Waals surface area contributed by atoms with Crippen molar-refractivity contribution in [1.82, 2.24) is 10.2 Å². The SMILES string of the molecule is Cc1ccc(Br)c([C@@H](C2CCCC2)N2CCNCC2)c1O. The van der Waals surface area contributed by atoms with Gasteiger partial charge in [-0.05, 0) is 37.3 Å². The lowest BCUT2D eigenvalue weighted by Crippen LogP contribution is -2.46. The minimum Gasteiger partial charge on any atom is -0.507 e. The Morgan fingerprint density at radius 2 is 1.90 bits per heavy atom. The van der Waals surface area contributed by atoms with Crippen molar-refractivity contribution in [3.05, 3.63) is 27.7 Å². The maximum Gasteiger partial charge on any atom is 0.124 e. The molecule has 21 heavy (non-hydrogen) atoms. The molecule has 3 nitrogen and oxygen atoms in total. The Hall–Kier alpha value is -0.580. The van der Waals surface area contributed by atoms with Gasteiger partial charge in [0, 0.05) is 42.3 Å². The van der Waals surface area contributed by atoms with Gasteiger partial charge in [-0.1, -0.05) is 34.8 Å². The lowest BCUT2D eigenvalue weighted by Gasteiger charge is -2.39. The summed E-state index contributed by atoms with van der Waals surface area (Å²) < 4.78 is 1.06. The topological polar surface area (TPSA) is 35.5 Å². The molecule has 1 saturated heterocycles. The van der Waals surface area contributed by atoms with Gasteiger partial charge in [0.15, 0.2) is 0 Å². The predicted molar refractivity (Wildman–Crippen MR) is 89.7 cm³/mol. The number of nitrogens with zero attached hydrogens (tertiary/aromatic N) is 1. The van der Waals surface area contributed by atoms with E-state index in [4.69, 9.17) is 0 Å². The van der Waals surface area contributed by atoms with Gasteiger partial charge in [-0.25, -0.2) is 0 Å². The van der Waals surface area contributed by atoms with Crippen LogP contribution in [0.4, 0.5) is 0 Å². The molecule has 0 spiro atoms. The second-order valence-corrected chi connectivity index (χ2v) is 7.26. The molecule has 1 atom stereocenters. The highest BCUT2D eigenvalue weighted by Gasteiger charge is 2.34. The van der Waals surface area contributed by atoms with E-state index >= 15 is 0 Å². The maximum absolute atomic E-state index is 10.7. The Balaban J connectivity index is 1.99. The van der Waals surface area contributed by atoms with Crippen LogP contribution < -0.4 is 5.32 Å². The standard InChI is InChI=1S/C17H25BrN2O/c1-12-6-7-14(18)15(17(12)21)16(13-4-2-3-5-13)20-10-8-19-9-11-20/h6-7,13,16,19,21H,2-5,8-11H2,1H3/t16-/m1/s1. The molecule has 0 amide bonds. The Kier molecular flexibility index (Phi) is 4.87. The molecule has 0 aromatic heterocycles. The predicted octanol–water partition coefficient (Wildman–Crippen LogP) is 3.60. The summed E-state index contributed by atoms with van der Waals surface area (Å²) >= 11 is 3.69. The average molecular weight is 353 g/mol. The van der Waals surface area contributed by atoms with Gasteiger partial charge in [0.25, 0.3) is 0 Å². The molecule has 0 bridgehead atoms. The monoisotopic (exact) mass is 352 g/mol. The molecule has 1 saturated carbocycles. The Labute approximate surface area is 135 Å². The fourth-order valence-electron chi connectivity index (χ4n) is 3.92. The first kappa shape index (κ1) is 15.3. The molecule has 4 heteroatoms. The van der Waals surface area contributed by atoms with Crippen LogP contribution in [-0.4, -0.2) is 36.2 Å². The first-order chi connectivity index (χ1) is 10.2. The van der Waals surface area contributed by atoms with E-state index in [1.54, 1.807) is 0 Å². The summed E-state index contributed by atoms with van der Waals surface area (Å²) in [5, 5.41) is 14.1. The van der Waals surface area contributed by atoms with Gasteiger partial charge in [0.05, 0.1) is 0 Å². The van der Waals surface area contributed by atoms with E-state index in [-0.39, 0.29) is 0 Å². The molecule has 1 aliphatic heterocycles. The van der Waals surface area contributed by atoms with E-state index in [0.29, 0.717) is 17.7 Å². The summed E-state index contributed by atoms with van der Waals surface area (Å²) in [6, 6.07) is 4.44. The van der Waals surface area contributed by atoms with Gasteiger partial charge in [0.1, 0.15) is 5.75 Å². The fraction of sp³-hybridized carbons (Fsp3) is 0.647. The summed E-state index contributed by atoms with van der Waals surface area (Å²) in [6.45, 7) is 6.23. The van der Waals surface area contributed by atoms with Crippen molar-refractivity contribution >= 4 is 15.9 Å². The minimum atomic E-state index is 0.351. The fourth-order valence-corrected chi connectivity index (χ4v) is 4.48. The number of hydrogen-bond donors (Lipinski definition) is 2. The third-order valence-electron chi connectivity index (χ3n) is 5.05. The van der Waals surface area contributed by atoms with E-state index in [1.165, 1.54) is 25.7 Å². The molecule has 1 heterocycles. The van der Waals surface area contributed by atoms with E-state index in [1.807, 2.05) is 13.0 Å². The zero-order valence-electron chi connectivity index (χ0n) is 12.7. The van der Waals surface area contributed by atoms with E-state index in [2.05, 4.69) is 32.2 Å². The van der Waals surface area contributed by atoms with Crippen LogP contribution in [0, 0.1) is 12.8 Å². The van der Waals surface area contributed by atoms with Crippen molar-refractivity contribution in [1.29, 1.82) is 0 Å². The highest BCUT2D eigenvalue weighted by Crippen LogP contribution is 2.46. The van der Waals surface area contributed by atoms with E-state index < -0.39 is 0 Å². The van der Waals surface area contributed by atoms with Gasteiger partial charge >= 0.3 is 0 Å². The van der Waals surface area contributed by atoms with Gasteiger partial charge < -0.3 is 10.4 Å². The highest BCUT2D eigenvalue weighted by atomic mass is 79.9. The third-order valence-corrected chi connectivity index (χ3v) is 5.74. The number of phenols is 1. The summed E-state index contributed by atoms with van der Waals surface area (Å²) in [6.07, 6.45) is 5.23. The van der Waals surface area contributed by atoms with E-state index in [0.717, 1.165) is 41.8 Å². The van der Waals surface area contributed by atoms with Crippen LogP contribution >= 0.6 is 15.9 Å².